The van der Waals surface area contributed by atoms with Crippen molar-refractivity contribution >= 4 is 5.82 Å². The molecule has 0 bridgehead atoms. The summed E-state index contributed by atoms with van der Waals surface area (Å²) in [5.41, 5.74) is 0.427. The fraction of sp³-hybridized carbons (Fsp3) is 0.273. The van der Waals surface area contributed by atoms with Crippen molar-refractivity contribution in [2.24, 2.45) is 0 Å². The molecule has 0 atom stereocenters. The Morgan fingerprint density at radius 3 is 3.07 bits per heavy atom. The summed E-state index contributed by atoms with van der Waals surface area (Å²) in [5, 5.41) is 11.7. The highest BCUT2D eigenvalue weighted by molar-refractivity contribution is 5.38. The average molecular weight is 185 g/mol. The molecule has 70 valence electrons. The zero-order valence-corrected chi connectivity index (χ0v) is 8.04. The van der Waals surface area contributed by atoms with Crippen LogP contribution in [0.4, 0.5) is 5.82 Å². The molecule has 0 saturated carbocycles. The van der Waals surface area contributed by atoms with E-state index in [2.05, 4.69) is 22.1 Å². The first-order valence-electron chi connectivity index (χ1n) is 4.37. The Kier molecular flexibility index (Phi) is 4.04. The van der Waals surface area contributed by atoms with Crippen molar-refractivity contribution < 1.29 is 0 Å². The Hall–Kier alpha value is -2.00. The summed E-state index contributed by atoms with van der Waals surface area (Å²) >= 11 is 0. The predicted octanol–water partition coefficient (Wildman–Crippen LogP) is 1.78. The highest BCUT2D eigenvalue weighted by atomic mass is 15.0. The molecule has 1 heterocycles. The lowest BCUT2D eigenvalue weighted by Crippen LogP contribution is -2.02. The topological polar surface area (TPSA) is 48.7 Å². The maximum atomic E-state index is 8.61. The Balaban J connectivity index is 2.50. The molecule has 0 unspecified atom stereocenters. The van der Waals surface area contributed by atoms with E-state index in [9.17, 15) is 0 Å². The number of hydrogen-bond donors (Lipinski definition) is 1. The van der Waals surface area contributed by atoms with E-state index in [0.717, 1.165) is 18.8 Å². The van der Waals surface area contributed by atoms with Crippen LogP contribution in [-0.2, 0) is 0 Å². The molecule has 0 spiro atoms. The second-order valence-electron chi connectivity index (χ2n) is 2.62. The molecule has 0 radical (unpaired) electrons. The van der Waals surface area contributed by atoms with E-state index in [1.54, 1.807) is 12.1 Å². The number of aromatic nitrogens is 1. The zero-order chi connectivity index (χ0) is 10.2. The minimum atomic E-state index is 0.427. The molecule has 0 aliphatic rings. The number of nitrogens with zero attached hydrogens (tertiary/aromatic N) is 2. The van der Waals surface area contributed by atoms with Crippen LogP contribution in [-0.4, -0.2) is 11.5 Å². The van der Waals surface area contributed by atoms with Crippen LogP contribution in [0.1, 0.15) is 19.0 Å². The standard InChI is InChI=1S/C11H11N3/c1-2-3-4-8-13-11-7-5-6-10(9-12)14-11/h5-7H,4,8H2,1H3,(H,13,14). The Bertz CT molecular complexity index is 393. The van der Waals surface area contributed by atoms with E-state index in [-0.39, 0.29) is 0 Å². The molecule has 1 aromatic heterocycles. The van der Waals surface area contributed by atoms with Crippen LogP contribution in [0.5, 0.6) is 0 Å². The molecule has 0 amide bonds. The maximum Gasteiger partial charge on any atom is 0.142 e. The molecule has 0 fully saturated rings. The van der Waals surface area contributed by atoms with E-state index >= 15 is 0 Å². The molecule has 3 heteroatoms. The highest BCUT2D eigenvalue weighted by Crippen LogP contribution is 2.03. The SMILES string of the molecule is CC#CCCNc1cccc(C#N)n1. The average Bonchev–Trinajstić information content (AvgIpc) is 2.25. The quantitative estimate of drug-likeness (QED) is 0.576. The lowest BCUT2D eigenvalue weighted by molar-refractivity contribution is 1.07. The molecular formula is C11H11N3. The van der Waals surface area contributed by atoms with Gasteiger partial charge < -0.3 is 5.32 Å². The van der Waals surface area contributed by atoms with Crippen molar-refractivity contribution in [1.29, 1.82) is 5.26 Å². The van der Waals surface area contributed by atoms with Gasteiger partial charge in [-0.25, -0.2) is 4.98 Å². The van der Waals surface area contributed by atoms with Gasteiger partial charge >= 0.3 is 0 Å². The number of pyridine rings is 1. The van der Waals surface area contributed by atoms with Crippen molar-refractivity contribution in [3.8, 4) is 17.9 Å². The summed E-state index contributed by atoms with van der Waals surface area (Å²) in [4.78, 5) is 4.07. The summed E-state index contributed by atoms with van der Waals surface area (Å²) in [6.07, 6.45) is 0.787. The van der Waals surface area contributed by atoms with Gasteiger partial charge in [0, 0.05) is 13.0 Å². The third-order valence-electron chi connectivity index (χ3n) is 1.60. The maximum absolute atomic E-state index is 8.61. The Morgan fingerprint density at radius 1 is 1.50 bits per heavy atom. The third kappa shape index (κ3) is 3.16. The molecule has 0 saturated heterocycles. The Labute approximate surface area is 83.8 Å². The van der Waals surface area contributed by atoms with Gasteiger partial charge in [0.1, 0.15) is 17.6 Å². The van der Waals surface area contributed by atoms with Gasteiger partial charge in [0.05, 0.1) is 0 Å². The second-order valence-corrected chi connectivity index (χ2v) is 2.62. The van der Waals surface area contributed by atoms with Gasteiger partial charge in [0.2, 0.25) is 0 Å². The fourth-order valence-corrected chi connectivity index (χ4v) is 0.974. The second kappa shape index (κ2) is 5.61. The summed E-state index contributed by atoms with van der Waals surface area (Å²) < 4.78 is 0. The lowest BCUT2D eigenvalue weighted by atomic mass is 10.3. The van der Waals surface area contributed by atoms with Crippen LogP contribution in [0.3, 0.4) is 0 Å². The normalized spacial score (nSPS) is 8.29. The van der Waals surface area contributed by atoms with Gasteiger partial charge in [-0.3, -0.25) is 0 Å². The first kappa shape index (κ1) is 10.1. The Morgan fingerprint density at radius 2 is 2.36 bits per heavy atom. The number of hydrogen-bond acceptors (Lipinski definition) is 3. The third-order valence-corrected chi connectivity index (χ3v) is 1.60. The first-order valence-corrected chi connectivity index (χ1v) is 4.37. The minimum Gasteiger partial charge on any atom is -0.369 e. The molecule has 3 nitrogen and oxygen atoms in total. The van der Waals surface area contributed by atoms with E-state index in [1.807, 2.05) is 19.1 Å². The van der Waals surface area contributed by atoms with Crippen LogP contribution in [0.25, 0.3) is 0 Å². The van der Waals surface area contributed by atoms with Crippen molar-refractivity contribution in [1.82, 2.24) is 4.98 Å². The molecular weight excluding hydrogens is 174 g/mol. The molecule has 0 aliphatic carbocycles. The summed E-state index contributed by atoms with van der Waals surface area (Å²) in [7, 11) is 0. The van der Waals surface area contributed by atoms with Crippen LogP contribution in [0.15, 0.2) is 18.2 Å². The predicted molar refractivity (Wildman–Crippen MR) is 55.5 cm³/mol. The summed E-state index contributed by atoms with van der Waals surface area (Å²) in [5.74, 6) is 6.48. The number of nitrogens with one attached hydrogen (secondary N) is 1. The van der Waals surface area contributed by atoms with Crippen molar-refractivity contribution in [2.45, 2.75) is 13.3 Å². The van der Waals surface area contributed by atoms with E-state index in [0.29, 0.717) is 5.69 Å². The van der Waals surface area contributed by atoms with Crippen molar-refractivity contribution in [2.75, 3.05) is 11.9 Å². The number of rotatable bonds is 3. The monoisotopic (exact) mass is 185 g/mol. The van der Waals surface area contributed by atoms with Gasteiger partial charge in [-0.1, -0.05) is 6.07 Å². The molecule has 0 aliphatic heterocycles. The van der Waals surface area contributed by atoms with Gasteiger partial charge in [0.15, 0.2) is 0 Å². The van der Waals surface area contributed by atoms with E-state index in [4.69, 9.17) is 5.26 Å². The van der Waals surface area contributed by atoms with Crippen molar-refractivity contribution in [3.63, 3.8) is 0 Å². The molecule has 1 N–H and O–H groups in total. The summed E-state index contributed by atoms with van der Waals surface area (Å²) in [6.45, 7) is 2.57. The number of anilines is 1. The first-order chi connectivity index (χ1) is 6.86. The van der Waals surface area contributed by atoms with Crippen LogP contribution >= 0.6 is 0 Å². The van der Waals surface area contributed by atoms with Gasteiger partial charge in [-0.15, -0.1) is 11.8 Å². The van der Waals surface area contributed by atoms with Crippen LogP contribution in [0, 0.1) is 23.2 Å². The van der Waals surface area contributed by atoms with E-state index in [1.165, 1.54) is 0 Å². The summed E-state index contributed by atoms with van der Waals surface area (Å²) in [6, 6.07) is 7.31. The highest BCUT2D eigenvalue weighted by Gasteiger charge is 1.94. The zero-order valence-electron chi connectivity index (χ0n) is 8.04. The number of nitriles is 1. The molecule has 0 aromatic carbocycles. The lowest BCUT2D eigenvalue weighted by Gasteiger charge is -2.01. The van der Waals surface area contributed by atoms with Gasteiger partial charge in [-0.05, 0) is 19.1 Å². The van der Waals surface area contributed by atoms with Crippen LogP contribution in [0.2, 0.25) is 0 Å². The smallest absolute Gasteiger partial charge is 0.142 e. The van der Waals surface area contributed by atoms with Crippen LogP contribution < -0.4 is 5.32 Å². The fourth-order valence-electron chi connectivity index (χ4n) is 0.974. The van der Waals surface area contributed by atoms with Gasteiger partial charge in [0.25, 0.3) is 0 Å². The van der Waals surface area contributed by atoms with Gasteiger partial charge in [-0.2, -0.15) is 5.26 Å². The minimum absolute atomic E-state index is 0.427. The molecule has 1 aromatic rings. The van der Waals surface area contributed by atoms with Crippen molar-refractivity contribution in [3.05, 3.63) is 23.9 Å². The molecule has 1 rings (SSSR count). The largest absolute Gasteiger partial charge is 0.369 e. The molecule has 14 heavy (non-hydrogen) atoms. The van der Waals surface area contributed by atoms with E-state index < -0.39 is 0 Å².